The Kier molecular flexibility index (Phi) is 4.98. The highest BCUT2D eigenvalue weighted by Gasteiger charge is 2.29. The van der Waals surface area contributed by atoms with E-state index in [4.69, 9.17) is 0 Å². The Balaban J connectivity index is 1.36. The van der Waals surface area contributed by atoms with Crippen molar-refractivity contribution in [3.05, 3.63) is 84.1 Å². The first-order valence-electron chi connectivity index (χ1n) is 9.02. The smallest absolute Gasteiger partial charge is 0.224 e. The Hall–Kier alpha value is -2.99. The van der Waals surface area contributed by atoms with Crippen LogP contribution in [0.1, 0.15) is 17.7 Å². The third-order valence-electron chi connectivity index (χ3n) is 4.80. The fourth-order valence-corrected chi connectivity index (χ4v) is 3.40. The van der Waals surface area contributed by atoms with Crippen molar-refractivity contribution >= 4 is 5.91 Å². The molecule has 138 valence electrons. The van der Waals surface area contributed by atoms with E-state index in [2.05, 4.69) is 16.4 Å². The lowest BCUT2D eigenvalue weighted by molar-refractivity contribution is -0.128. The Morgan fingerprint density at radius 3 is 2.74 bits per heavy atom. The third kappa shape index (κ3) is 4.06. The number of rotatable bonds is 6. The van der Waals surface area contributed by atoms with Crippen molar-refractivity contribution in [3.63, 3.8) is 0 Å². The highest BCUT2D eigenvalue weighted by molar-refractivity contribution is 5.79. The monoisotopic (exact) mass is 364 g/mol. The summed E-state index contributed by atoms with van der Waals surface area (Å²) in [5.74, 6) is 0.735. The first kappa shape index (κ1) is 17.4. The number of aromatic nitrogens is 2. The second kappa shape index (κ2) is 7.72. The number of amides is 1. The normalized spacial score (nSPS) is 16.9. The summed E-state index contributed by atoms with van der Waals surface area (Å²) in [6.07, 6.45) is 4.24. The Bertz CT molecular complexity index is 907. The molecule has 1 aliphatic rings. The van der Waals surface area contributed by atoms with E-state index in [1.54, 1.807) is 18.3 Å². The predicted molar refractivity (Wildman–Crippen MR) is 101 cm³/mol. The lowest BCUT2D eigenvalue weighted by Gasteiger charge is -2.17. The van der Waals surface area contributed by atoms with Gasteiger partial charge in [0.1, 0.15) is 11.6 Å². The molecule has 0 radical (unpaired) electrons. The average molecular weight is 364 g/mol. The zero-order valence-corrected chi connectivity index (χ0v) is 14.9. The molecule has 1 atom stereocenters. The van der Waals surface area contributed by atoms with Crippen LogP contribution in [0.2, 0.25) is 0 Å². The van der Waals surface area contributed by atoms with E-state index >= 15 is 0 Å². The molecule has 1 aliphatic heterocycles. The molecule has 1 aromatic carbocycles. The molecular weight excluding hydrogens is 343 g/mol. The lowest BCUT2D eigenvalue weighted by Crippen LogP contribution is -2.32. The van der Waals surface area contributed by atoms with Crippen LogP contribution in [0, 0.1) is 5.82 Å². The Morgan fingerprint density at radius 2 is 1.96 bits per heavy atom. The molecule has 4 rings (SSSR count). The predicted octanol–water partition coefficient (Wildman–Crippen LogP) is 2.90. The molecule has 2 aromatic heterocycles. The molecule has 0 spiro atoms. The number of likely N-dealkylation sites (tertiary alicyclic amines) is 1. The number of halogens is 1. The molecule has 0 bridgehead atoms. The van der Waals surface area contributed by atoms with Gasteiger partial charge in [0.2, 0.25) is 5.91 Å². The summed E-state index contributed by atoms with van der Waals surface area (Å²) in [5.41, 5.74) is 2.03. The van der Waals surface area contributed by atoms with Gasteiger partial charge in [-0.05, 0) is 42.0 Å². The molecule has 3 aromatic rings. The number of carbonyl (C=O) groups excluding carboxylic acids is 1. The van der Waals surface area contributed by atoms with Gasteiger partial charge < -0.3 is 14.8 Å². The molecule has 1 fully saturated rings. The fourth-order valence-electron chi connectivity index (χ4n) is 3.40. The molecule has 3 heterocycles. The minimum absolute atomic E-state index is 0.102. The standard InChI is InChI=1S/C21H21FN4O/c22-17-8-6-16(7-9-17)14-25-15-18(12-21(25)27)24-13-19-4-3-11-26(19)20-5-1-2-10-23-20/h1-11,18,24H,12-15H2/t18-/m0/s1. The van der Waals surface area contributed by atoms with Crippen molar-refractivity contribution in [2.75, 3.05) is 6.54 Å². The van der Waals surface area contributed by atoms with Crippen molar-refractivity contribution in [1.29, 1.82) is 0 Å². The molecule has 0 saturated carbocycles. The molecule has 27 heavy (non-hydrogen) atoms. The van der Waals surface area contributed by atoms with E-state index in [9.17, 15) is 9.18 Å². The van der Waals surface area contributed by atoms with Crippen molar-refractivity contribution in [2.24, 2.45) is 0 Å². The van der Waals surface area contributed by atoms with Crippen LogP contribution in [0.5, 0.6) is 0 Å². The van der Waals surface area contributed by atoms with Gasteiger partial charge in [-0.25, -0.2) is 9.37 Å². The highest BCUT2D eigenvalue weighted by atomic mass is 19.1. The minimum atomic E-state index is -0.262. The van der Waals surface area contributed by atoms with Crippen LogP contribution in [-0.4, -0.2) is 32.9 Å². The van der Waals surface area contributed by atoms with E-state index in [0.29, 0.717) is 26.1 Å². The highest BCUT2D eigenvalue weighted by Crippen LogP contribution is 2.17. The number of pyridine rings is 1. The minimum Gasteiger partial charge on any atom is -0.337 e. The van der Waals surface area contributed by atoms with Gasteiger partial charge in [-0.1, -0.05) is 18.2 Å². The number of hydrogen-bond acceptors (Lipinski definition) is 3. The largest absolute Gasteiger partial charge is 0.337 e. The number of hydrogen-bond donors (Lipinski definition) is 1. The molecule has 0 aliphatic carbocycles. The van der Waals surface area contributed by atoms with Crippen molar-refractivity contribution in [3.8, 4) is 5.82 Å². The number of nitrogens with one attached hydrogen (secondary N) is 1. The molecule has 1 amide bonds. The van der Waals surface area contributed by atoms with Gasteiger partial charge in [-0.15, -0.1) is 0 Å². The number of carbonyl (C=O) groups is 1. The Morgan fingerprint density at radius 1 is 1.11 bits per heavy atom. The van der Waals surface area contributed by atoms with Crippen LogP contribution in [0.4, 0.5) is 4.39 Å². The summed E-state index contributed by atoms with van der Waals surface area (Å²) < 4.78 is 15.1. The second-order valence-electron chi connectivity index (χ2n) is 6.74. The van der Waals surface area contributed by atoms with Crippen molar-refractivity contribution in [2.45, 2.75) is 25.6 Å². The van der Waals surface area contributed by atoms with Gasteiger partial charge >= 0.3 is 0 Å². The van der Waals surface area contributed by atoms with Crippen LogP contribution < -0.4 is 5.32 Å². The molecule has 0 unspecified atom stereocenters. The van der Waals surface area contributed by atoms with Gasteiger partial charge in [0.15, 0.2) is 0 Å². The van der Waals surface area contributed by atoms with E-state index in [1.165, 1.54) is 12.1 Å². The molecule has 1 saturated heterocycles. The maximum atomic E-state index is 13.0. The summed E-state index contributed by atoms with van der Waals surface area (Å²) in [5, 5.41) is 3.48. The van der Waals surface area contributed by atoms with Gasteiger partial charge in [-0.3, -0.25) is 4.79 Å². The van der Waals surface area contributed by atoms with E-state index in [1.807, 2.05) is 39.9 Å². The summed E-state index contributed by atoms with van der Waals surface area (Å²) in [4.78, 5) is 18.5. The van der Waals surface area contributed by atoms with Crippen molar-refractivity contribution in [1.82, 2.24) is 19.8 Å². The number of nitrogens with zero attached hydrogens (tertiary/aromatic N) is 3. The summed E-state index contributed by atoms with van der Waals surface area (Å²) in [6, 6.07) is 16.3. The molecule has 1 N–H and O–H groups in total. The quantitative estimate of drug-likeness (QED) is 0.732. The van der Waals surface area contributed by atoms with Crippen LogP contribution in [0.3, 0.4) is 0 Å². The second-order valence-corrected chi connectivity index (χ2v) is 6.74. The van der Waals surface area contributed by atoms with Gasteiger partial charge in [0, 0.05) is 50.2 Å². The van der Waals surface area contributed by atoms with Crippen LogP contribution in [0.25, 0.3) is 5.82 Å². The Labute approximate surface area is 157 Å². The van der Waals surface area contributed by atoms with Gasteiger partial charge in [0.25, 0.3) is 0 Å². The third-order valence-corrected chi connectivity index (χ3v) is 4.80. The fraction of sp³-hybridized carbons (Fsp3) is 0.238. The van der Waals surface area contributed by atoms with Gasteiger partial charge in [0.05, 0.1) is 0 Å². The zero-order chi connectivity index (χ0) is 18.6. The average Bonchev–Trinajstić information content (AvgIpc) is 3.29. The molecule has 6 heteroatoms. The maximum absolute atomic E-state index is 13.0. The molecule has 5 nitrogen and oxygen atoms in total. The first-order valence-corrected chi connectivity index (χ1v) is 9.02. The molecular formula is C21H21FN4O. The van der Waals surface area contributed by atoms with Crippen LogP contribution in [-0.2, 0) is 17.9 Å². The van der Waals surface area contributed by atoms with Gasteiger partial charge in [-0.2, -0.15) is 0 Å². The zero-order valence-electron chi connectivity index (χ0n) is 14.9. The maximum Gasteiger partial charge on any atom is 0.224 e. The van der Waals surface area contributed by atoms with E-state index in [0.717, 1.165) is 17.1 Å². The first-order chi connectivity index (χ1) is 13.2. The summed E-state index contributed by atoms with van der Waals surface area (Å²) in [6.45, 7) is 1.83. The topological polar surface area (TPSA) is 50.2 Å². The lowest BCUT2D eigenvalue weighted by atomic mass is 10.2. The van der Waals surface area contributed by atoms with E-state index < -0.39 is 0 Å². The van der Waals surface area contributed by atoms with Crippen molar-refractivity contribution < 1.29 is 9.18 Å². The van der Waals surface area contributed by atoms with Crippen LogP contribution >= 0.6 is 0 Å². The number of benzene rings is 1. The summed E-state index contributed by atoms with van der Waals surface area (Å²) in [7, 11) is 0. The summed E-state index contributed by atoms with van der Waals surface area (Å²) >= 11 is 0. The van der Waals surface area contributed by atoms with E-state index in [-0.39, 0.29) is 17.8 Å². The van der Waals surface area contributed by atoms with Crippen LogP contribution in [0.15, 0.2) is 67.0 Å². The SMILES string of the molecule is O=C1C[C@H](NCc2cccn2-c2ccccn2)CN1Cc1ccc(F)cc1.